The fraction of sp³-hybridized carbons (Fsp3) is 0.550. The lowest BCUT2D eigenvalue weighted by atomic mass is 9.95. The predicted octanol–water partition coefficient (Wildman–Crippen LogP) is 4.77. The van der Waals surface area contributed by atoms with E-state index in [9.17, 15) is 0 Å². The van der Waals surface area contributed by atoms with Crippen LogP contribution in [0.25, 0.3) is 5.69 Å². The van der Waals surface area contributed by atoms with Gasteiger partial charge < -0.3 is 5.32 Å². The summed E-state index contributed by atoms with van der Waals surface area (Å²) in [4.78, 5) is 2.62. The van der Waals surface area contributed by atoms with Crippen molar-refractivity contribution in [2.75, 3.05) is 25.0 Å². The summed E-state index contributed by atoms with van der Waals surface area (Å²) in [7, 11) is 0. The van der Waals surface area contributed by atoms with Crippen molar-refractivity contribution < 1.29 is 0 Å². The van der Waals surface area contributed by atoms with Gasteiger partial charge in [-0.1, -0.05) is 13.3 Å². The highest BCUT2D eigenvalue weighted by atomic mass is 127. The minimum atomic E-state index is 0.484. The lowest BCUT2D eigenvalue weighted by Gasteiger charge is -2.34. The largest absolute Gasteiger partial charge is 0.370 e. The monoisotopic (exact) mass is 450 g/mol. The molecule has 4 nitrogen and oxygen atoms in total. The van der Waals surface area contributed by atoms with Crippen molar-refractivity contribution in [1.82, 2.24) is 14.7 Å². The molecule has 1 aromatic carbocycles. The predicted molar refractivity (Wildman–Crippen MR) is 112 cm³/mol. The van der Waals surface area contributed by atoms with Crippen LogP contribution in [-0.4, -0.2) is 34.3 Å². The number of benzene rings is 1. The molecule has 1 atom stereocenters. The molecule has 0 aliphatic carbocycles. The van der Waals surface area contributed by atoms with Crippen molar-refractivity contribution in [3.8, 4) is 5.69 Å². The highest BCUT2D eigenvalue weighted by molar-refractivity contribution is 14.1. The molecule has 4 rings (SSSR count). The number of piperidine rings is 1. The van der Waals surface area contributed by atoms with Gasteiger partial charge in [0.25, 0.3) is 0 Å². The number of likely N-dealkylation sites (tertiary alicyclic amines) is 1. The smallest absolute Gasteiger partial charge is 0.133 e. The minimum Gasteiger partial charge on any atom is -0.370 e. The third kappa shape index (κ3) is 3.45. The maximum absolute atomic E-state index is 5.17. The van der Waals surface area contributed by atoms with E-state index in [0.29, 0.717) is 6.04 Å². The molecule has 2 aromatic rings. The second-order valence-electron chi connectivity index (χ2n) is 7.12. The zero-order valence-electron chi connectivity index (χ0n) is 15.0. The lowest BCUT2D eigenvalue weighted by Crippen LogP contribution is -2.33. The number of hydrogen-bond acceptors (Lipinski definition) is 3. The average Bonchev–Trinajstić information content (AvgIpc) is 2.83. The van der Waals surface area contributed by atoms with Gasteiger partial charge >= 0.3 is 0 Å². The number of fused-ring (bicyclic) bond motifs is 1. The Labute approximate surface area is 164 Å². The van der Waals surface area contributed by atoms with Crippen LogP contribution in [0.4, 0.5) is 5.82 Å². The molecular formula is C20H27IN4. The molecule has 0 radical (unpaired) electrons. The number of rotatable bonds is 3. The fourth-order valence-corrected chi connectivity index (χ4v) is 4.60. The summed E-state index contributed by atoms with van der Waals surface area (Å²) in [5.74, 6) is 1.23. The first kappa shape index (κ1) is 17.3. The minimum absolute atomic E-state index is 0.484. The molecule has 0 spiro atoms. The Morgan fingerprint density at radius 2 is 2.00 bits per heavy atom. The molecule has 3 heterocycles. The van der Waals surface area contributed by atoms with Gasteiger partial charge in [-0.2, -0.15) is 5.10 Å². The van der Waals surface area contributed by atoms with E-state index < -0.39 is 0 Å². The quantitative estimate of drug-likeness (QED) is 0.684. The summed E-state index contributed by atoms with van der Waals surface area (Å²) >= 11 is 2.36. The molecule has 1 aromatic heterocycles. The number of halogens is 1. The number of aromatic nitrogens is 2. The Morgan fingerprint density at radius 1 is 1.16 bits per heavy atom. The summed E-state index contributed by atoms with van der Waals surface area (Å²) in [6.07, 6.45) is 7.52. The van der Waals surface area contributed by atoms with Gasteiger partial charge in [-0.3, -0.25) is 4.90 Å². The summed E-state index contributed by atoms with van der Waals surface area (Å²) in [5.41, 5.74) is 3.95. The number of nitrogens with zero attached hydrogens (tertiary/aromatic N) is 3. The van der Waals surface area contributed by atoms with Gasteiger partial charge in [0.15, 0.2) is 0 Å². The van der Waals surface area contributed by atoms with Crippen LogP contribution < -0.4 is 5.32 Å². The zero-order valence-corrected chi connectivity index (χ0v) is 17.1. The number of anilines is 1. The topological polar surface area (TPSA) is 33.1 Å². The molecule has 0 bridgehead atoms. The van der Waals surface area contributed by atoms with Gasteiger partial charge in [0.2, 0.25) is 0 Å². The maximum atomic E-state index is 5.17. The molecule has 2 aliphatic rings. The van der Waals surface area contributed by atoms with Crippen molar-refractivity contribution in [2.45, 2.75) is 51.5 Å². The molecular weight excluding hydrogens is 423 g/mol. The average molecular weight is 450 g/mol. The first-order valence-corrected chi connectivity index (χ1v) is 10.7. The number of nitrogens with one attached hydrogen (secondary N) is 1. The Bertz CT molecular complexity index is 722. The molecule has 0 saturated carbocycles. The van der Waals surface area contributed by atoms with Gasteiger partial charge in [-0.15, -0.1) is 0 Å². The van der Waals surface area contributed by atoms with Crippen LogP contribution in [0.15, 0.2) is 24.3 Å². The second kappa shape index (κ2) is 7.66. The van der Waals surface area contributed by atoms with Crippen LogP contribution in [0, 0.1) is 3.57 Å². The van der Waals surface area contributed by atoms with Crippen molar-refractivity contribution >= 4 is 28.4 Å². The molecule has 0 amide bonds. The molecule has 134 valence electrons. The Hall–Kier alpha value is -1.08. The van der Waals surface area contributed by atoms with Crippen molar-refractivity contribution in [2.24, 2.45) is 0 Å². The number of hydrogen-bond donors (Lipinski definition) is 1. The maximum Gasteiger partial charge on any atom is 0.133 e. The molecule has 1 fully saturated rings. The first-order chi connectivity index (χ1) is 12.3. The Kier molecular flexibility index (Phi) is 5.31. The summed E-state index contributed by atoms with van der Waals surface area (Å²) in [5, 5.41) is 8.84. The standard InChI is InChI=1S/C20H27IN4/c1-2-24-14-6-4-8-18(24)19-17-7-3-5-13-22-20(17)25(23-19)16-11-9-15(21)10-12-16/h9-12,18,22H,2-8,13-14H2,1H3. The van der Waals surface area contributed by atoms with Gasteiger partial charge in [0.05, 0.1) is 17.4 Å². The van der Waals surface area contributed by atoms with Gasteiger partial charge in [0.1, 0.15) is 5.82 Å². The van der Waals surface area contributed by atoms with Crippen molar-refractivity contribution in [1.29, 1.82) is 0 Å². The molecule has 5 heteroatoms. The molecule has 1 saturated heterocycles. The van der Waals surface area contributed by atoms with Crippen LogP contribution in [0.2, 0.25) is 0 Å². The summed E-state index contributed by atoms with van der Waals surface area (Å²) in [6.45, 7) is 5.65. The van der Waals surface area contributed by atoms with Gasteiger partial charge in [0, 0.05) is 15.7 Å². The van der Waals surface area contributed by atoms with Crippen LogP contribution in [0.5, 0.6) is 0 Å². The van der Waals surface area contributed by atoms with E-state index in [-0.39, 0.29) is 0 Å². The summed E-state index contributed by atoms with van der Waals surface area (Å²) < 4.78 is 3.42. The normalized spacial score (nSPS) is 21.4. The molecule has 1 unspecified atom stereocenters. The Balaban J connectivity index is 1.80. The van der Waals surface area contributed by atoms with Crippen LogP contribution in [-0.2, 0) is 6.42 Å². The Morgan fingerprint density at radius 3 is 2.80 bits per heavy atom. The van der Waals surface area contributed by atoms with E-state index in [1.165, 1.54) is 59.3 Å². The van der Waals surface area contributed by atoms with E-state index in [1.807, 2.05) is 0 Å². The van der Waals surface area contributed by atoms with Gasteiger partial charge in [-0.25, -0.2) is 4.68 Å². The SMILES string of the molecule is CCN1CCCCC1c1nn(-c2ccc(I)cc2)c2c1CCCCN2. The fourth-order valence-electron chi connectivity index (χ4n) is 4.24. The molecule has 1 N–H and O–H groups in total. The summed E-state index contributed by atoms with van der Waals surface area (Å²) in [6, 6.07) is 9.18. The van der Waals surface area contributed by atoms with E-state index in [0.717, 1.165) is 25.2 Å². The van der Waals surface area contributed by atoms with Crippen LogP contribution >= 0.6 is 22.6 Å². The lowest BCUT2D eigenvalue weighted by molar-refractivity contribution is 0.152. The highest BCUT2D eigenvalue weighted by Gasteiger charge is 2.30. The van der Waals surface area contributed by atoms with Crippen molar-refractivity contribution in [3.63, 3.8) is 0 Å². The highest BCUT2D eigenvalue weighted by Crippen LogP contribution is 2.37. The van der Waals surface area contributed by atoms with Crippen molar-refractivity contribution in [3.05, 3.63) is 39.1 Å². The third-order valence-electron chi connectivity index (χ3n) is 5.57. The van der Waals surface area contributed by atoms with Gasteiger partial charge in [-0.05, 0) is 92.0 Å². The first-order valence-electron chi connectivity index (χ1n) is 9.63. The van der Waals surface area contributed by atoms with E-state index in [1.54, 1.807) is 0 Å². The van der Waals surface area contributed by atoms with Crippen LogP contribution in [0.3, 0.4) is 0 Å². The van der Waals surface area contributed by atoms with E-state index >= 15 is 0 Å². The second-order valence-corrected chi connectivity index (χ2v) is 8.37. The molecule has 2 aliphatic heterocycles. The third-order valence-corrected chi connectivity index (χ3v) is 6.29. The van der Waals surface area contributed by atoms with E-state index in [4.69, 9.17) is 5.10 Å². The zero-order chi connectivity index (χ0) is 17.2. The van der Waals surface area contributed by atoms with Crippen LogP contribution in [0.1, 0.15) is 56.3 Å². The molecule has 25 heavy (non-hydrogen) atoms. The van der Waals surface area contributed by atoms with E-state index in [2.05, 4.69) is 68.7 Å².